The van der Waals surface area contributed by atoms with Crippen molar-refractivity contribution in [3.63, 3.8) is 0 Å². The third-order valence-corrected chi connectivity index (χ3v) is 18.3. The summed E-state index contributed by atoms with van der Waals surface area (Å²) < 4.78 is 40.2. The van der Waals surface area contributed by atoms with E-state index in [4.69, 9.17) is 38.4 Å². The highest BCUT2D eigenvalue weighted by Crippen LogP contribution is 2.67. The summed E-state index contributed by atoms with van der Waals surface area (Å²) in [6, 6.07) is 7.67. The first-order valence-electron chi connectivity index (χ1n) is 27.5. The van der Waals surface area contributed by atoms with E-state index < -0.39 is 41.1 Å². The first-order valence-corrected chi connectivity index (χ1v) is 28.4. The zero-order valence-corrected chi connectivity index (χ0v) is 44.6. The van der Waals surface area contributed by atoms with E-state index in [1.807, 2.05) is 18.5 Å². The molecule has 398 valence electrons. The van der Waals surface area contributed by atoms with Gasteiger partial charge in [-0.15, -0.1) is 11.3 Å². The van der Waals surface area contributed by atoms with Crippen LogP contribution in [0.15, 0.2) is 35.8 Å². The summed E-state index contributed by atoms with van der Waals surface area (Å²) in [5.41, 5.74) is 9.28. The predicted octanol–water partition coefficient (Wildman–Crippen LogP) is 6.91. The number of methoxy groups -OCH3 is 1. The molecule has 9 heterocycles. The maximum Gasteiger partial charge on any atom is 0.324 e. The van der Waals surface area contributed by atoms with E-state index in [-0.39, 0.29) is 36.9 Å². The molecular weight excluding hydrogens is 961 g/mol. The van der Waals surface area contributed by atoms with E-state index in [0.717, 1.165) is 108 Å². The Morgan fingerprint density at radius 1 is 1.01 bits per heavy atom. The average molecular weight is 1040 g/mol. The fourth-order valence-corrected chi connectivity index (χ4v) is 13.7. The number of carbonyl (C=O) groups excluding carboxylic acids is 3. The van der Waals surface area contributed by atoms with E-state index in [9.17, 15) is 14.4 Å². The number of benzene rings is 1. The summed E-state index contributed by atoms with van der Waals surface area (Å²) in [5, 5.41) is 8.26. The molecule has 74 heavy (non-hydrogen) atoms. The molecule has 1 aromatic carbocycles. The van der Waals surface area contributed by atoms with Crippen LogP contribution < -0.4 is 15.6 Å². The Kier molecular flexibility index (Phi) is 13.7. The number of hydrogen-bond donors (Lipinski definition) is 2. The van der Waals surface area contributed by atoms with Crippen molar-refractivity contribution in [3.8, 4) is 22.5 Å². The molecule has 1 spiro atoms. The number of hydrogen-bond acceptors (Lipinski definition) is 15. The third kappa shape index (κ3) is 9.57. The van der Waals surface area contributed by atoms with Gasteiger partial charge in [-0.3, -0.25) is 29.3 Å². The van der Waals surface area contributed by atoms with Gasteiger partial charge in [0.1, 0.15) is 28.8 Å². The van der Waals surface area contributed by atoms with Gasteiger partial charge in [-0.25, -0.2) is 10.4 Å². The van der Waals surface area contributed by atoms with Crippen molar-refractivity contribution in [1.29, 1.82) is 0 Å². The van der Waals surface area contributed by atoms with Crippen LogP contribution in [0.5, 0.6) is 0 Å². The van der Waals surface area contributed by atoms with Gasteiger partial charge < -0.3 is 43.2 Å². The molecule has 6 aliphatic heterocycles. The van der Waals surface area contributed by atoms with Gasteiger partial charge in [0.25, 0.3) is 11.8 Å². The summed E-state index contributed by atoms with van der Waals surface area (Å²) in [6.45, 7) is 15.4. The summed E-state index contributed by atoms with van der Waals surface area (Å²) in [7, 11) is 1.74. The monoisotopic (exact) mass is 1030 g/mol. The topological polar surface area (TPSA) is 171 Å². The van der Waals surface area contributed by atoms with Crippen LogP contribution in [0.1, 0.15) is 120 Å². The lowest BCUT2D eigenvalue weighted by Crippen LogP contribution is -2.63. The number of esters is 1. The number of nitrogens with zero attached hydrogens (tertiary/aromatic N) is 6. The van der Waals surface area contributed by atoms with Crippen molar-refractivity contribution in [2.24, 2.45) is 11.3 Å². The lowest BCUT2D eigenvalue weighted by molar-refractivity contribution is -0.159. The number of pyridine rings is 1. The molecule has 2 amide bonds. The quantitative estimate of drug-likeness (QED) is 0.133. The van der Waals surface area contributed by atoms with Crippen LogP contribution in [-0.2, 0) is 55.8 Å². The third-order valence-electron chi connectivity index (χ3n) is 17.4. The molecule has 4 aromatic rings. The van der Waals surface area contributed by atoms with Gasteiger partial charge in [0.15, 0.2) is 0 Å². The Morgan fingerprint density at radius 2 is 1.81 bits per heavy atom. The highest BCUT2D eigenvalue weighted by Gasteiger charge is 2.73. The lowest BCUT2D eigenvalue weighted by atomic mass is 9.71. The Labute approximate surface area is 438 Å². The zero-order chi connectivity index (χ0) is 50.9. The van der Waals surface area contributed by atoms with E-state index in [2.05, 4.69) is 70.1 Å². The molecule has 8 bridgehead atoms. The number of aromatic nitrogens is 3. The number of nitrogens with one attached hydrogen (secondary N) is 2. The van der Waals surface area contributed by atoms with Gasteiger partial charge in [-0.2, -0.15) is 0 Å². The Bertz CT molecular complexity index is 2750. The number of fused-ring (bicyclic) bond motifs is 6. The van der Waals surface area contributed by atoms with E-state index in [0.29, 0.717) is 75.9 Å². The van der Waals surface area contributed by atoms with Crippen molar-refractivity contribution in [1.82, 2.24) is 35.2 Å². The molecule has 18 heteroatoms. The fourth-order valence-electron chi connectivity index (χ4n) is 12.8. The maximum absolute atomic E-state index is 15.0. The first-order chi connectivity index (χ1) is 35.8. The second-order valence-corrected chi connectivity index (χ2v) is 24.0. The van der Waals surface area contributed by atoms with Gasteiger partial charge in [-0.1, -0.05) is 19.9 Å². The number of hydrazine groups is 1. The standard InChI is InChI=1S/C56H74N8O9S/c1-6-70-49-47(59-53(67)56-28-36(29-56)55(73-56)15-16-55)51(65)64-17-7-8-43(60-64)52(66)72-33-54(3,4)30-42-40-26-35(44-32-74-50(49)58-44)9-12-45(40)63(22-25-71-39-13-23-69-24-14-39)48(42)41-27-38(31-57-46(41)34(2)68-5)62-20-18-61(19-21-62)37-10-11-37/h9,12,26-27,31-32,34,36-37,39,43,47,49,60H,6-8,10-11,13-25,28-30,33H2,1-5H3,(H,59,67)/t34-,36?,43-,47-,49-,56?/m0/s1. The SMILES string of the molecule is CCO[C@@H]1c2nc(cs2)-c2ccc3c(c2)c(c(-c2cc(N4CCN(C5CC5)CC4)cnc2[C@H](C)OC)n3CCOC2CCOCC2)CC(C)(C)COC(=O)[C@@H]2CCCN(N2)C(=O)[C@H]1NC(=O)C12CC(C1)C1(CC1)O2. The zero-order valence-electron chi connectivity index (χ0n) is 43.8. The summed E-state index contributed by atoms with van der Waals surface area (Å²) in [4.78, 5) is 59.4. The summed E-state index contributed by atoms with van der Waals surface area (Å²) in [6.07, 6.45) is 10.1. The van der Waals surface area contributed by atoms with Crippen LogP contribution in [-0.4, -0.2) is 151 Å². The Balaban J connectivity index is 0.980. The van der Waals surface area contributed by atoms with E-state index in [1.165, 1.54) is 29.2 Å². The van der Waals surface area contributed by atoms with E-state index >= 15 is 0 Å². The highest BCUT2D eigenvalue weighted by atomic mass is 32.1. The lowest BCUT2D eigenvalue weighted by Gasteiger charge is -2.39. The van der Waals surface area contributed by atoms with Crippen molar-refractivity contribution >= 4 is 45.7 Å². The molecular formula is C56H74N8O9S. The fraction of sp³-hybridized carbons (Fsp3) is 0.661. The average Bonchev–Trinajstić information content (AvgIpc) is 4.30. The van der Waals surface area contributed by atoms with E-state index in [1.54, 1.807) is 7.11 Å². The number of amides is 2. The second kappa shape index (κ2) is 20.1. The smallest absolute Gasteiger partial charge is 0.324 e. The van der Waals surface area contributed by atoms with Crippen LogP contribution in [0, 0.1) is 11.3 Å². The normalized spacial score (nSPS) is 28.5. The number of thiazole rings is 1. The Hall–Kier alpha value is -4.53. The van der Waals surface area contributed by atoms with Crippen molar-refractivity contribution < 1.29 is 42.8 Å². The van der Waals surface area contributed by atoms with Gasteiger partial charge in [0.2, 0.25) is 0 Å². The van der Waals surface area contributed by atoms with Gasteiger partial charge in [0, 0.05) is 105 Å². The van der Waals surface area contributed by atoms with Crippen LogP contribution in [0.4, 0.5) is 5.69 Å². The van der Waals surface area contributed by atoms with Crippen molar-refractivity contribution in [2.45, 2.75) is 153 Å². The number of anilines is 1. The minimum atomic E-state index is -1.15. The Morgan fingerprint density at radius 3 is 2.54 bits per heavy atom. The van der Waals surface area contributed by atoms with Crippen LogP contribution in [0.3, 0.4) is 0 Å². The molecule has 9 aliphatic rings. The van der Waals surface area contributed by atoms with Crippen LogP contribution in [0.2, 0.25) is 0 Å². The molecule has 17 nitrogen and oxygen atoms in total. The number of ether oxygens (including phenoxy) is 6. The number of rotatable bonds is 13. The molecule has 0 unspecified atom stereocenters. The summed E-state index contributed by atoms with van der Waals surface area (Å²) in [5.74, 6) is -0.764. The van der Waals surface area contributed by atoms with Crippen molar-refractivity contribution in [3.05, 3.63) is 52.1 Å². The molecule has 4 atom stereocenters. The van der Waals surface area contributed by atoms with Gasteiger partial charge >= 0.3 is 5.97 Å². The van der Waals surface area contributed by atoms with Gasteiger partial charge in [0.05, 0.1) is 60.0 Å². The minimum absolute atomic E-state index is 0.123. The van der Waals surface area contributed by atoms with Gasteiger partial charge in [-0.05, 0) is 114 Å². The molecule has 3 aromatic heterocycles. The summed E-state index contributed by atoms with van der Waals surface area (Å²) >= 11 is 1.41. The molecule has 0 radical (unpaired) electrons. The number of cyclic esters (lactones) is 1. The second-order valence-electron chi connectivity index (χ2n) is 23.1. The molecule has 2 N–H and O–H groups in total. The first kappa shape index (κ1) is 50.3. The van der Waals surface area contributed by atoms with Crippen molar-refractivity contribution in [2.75, 3.05) is 77.8 Å². The largest absolute Gasteiger partial charge is 0.464 e. The van der Waals surface area contributed by atoms with Crippen LogP contribution >= 0.6 is 11.3 Å². The molecule has 3 aliphatic carbocycles. The predicted molar refractivity (Wildman–Crippen MR) is 279 cm³/mol. The molecule has 5 saturated heterocycles. The number of piperazine rings is 1. The minimum Gasteiger partial charge on any atom is -0.464 e. The molecule has 8 fully saturated rings. The highest BCUT2D eigenvalue weighted by molar-refractivity contribution is 7.10. The molecule has 13 rings (SSSR count). The number of carbonyl (C=O) groups is 3. The molecule has 3 saturated carbocycles. The maximum atomic E-state index is 15.0. The van der Waals surface area contributed by atoms with Crippen LogP contribution in [0.25, 0.3) is 33.4 Å².